The van der Waals surface area contributed by atoms with E-state index >= 15 is 0 Å². The molecule has 0 bridgehead atoms. The lowest BCUT2D eigenvalue weighted by atomic mass is 10.0. The van der Waals surface area contributed by atoms with Gasteiger partial charge < -0.3 is 15.0 Å². The van der Waals surface area contributed by atoms with Crippen molar-refractivity contribution in [2.45, 2.75) is 39.8 Å². The number of halogens is 1. The Kier molecular flexibility index (Phi) is 5.68. The molecule has 1 amide bonds. The van der Waals surface area contributed by atoms with Crippen molar-refractivity contribution >= 4 is 33.3 Å². The first-order valence-electron chi connectivity index (χ1n) is 7.79. The van der Waals surface area contributed by atoms with E-state index in [4.69, 9.17) is 4.74 Å². The number of nitrogens with zero attached hydrogens (tertiary/aromatic N) is 1. The minimum Gasteiger partial charge on any atom is -0.487 e. The Labute approximate surface area is 145 Å². The van der Waals surface area contributed by atoms with Crippen molar-refractivity contribution in [1.29, 1.82) is 0 Å². The maximum atomic E-state index is 12.4. The Morgan fingerprint density at radius 1 is 1.43 bits per heavy atom. The van der Waals surface area contributed by atoms with Crippen molar-refractivity contribution in [3.63, 3.8) is 0 Å². The average Bonchev–Trinajstić information content (AvgIpc) is 2.44. The average molecular weight is 383 g/mol. The number of ether oxygens (including phenoxy) is 1. The van der Waals surface area contributed by atoms with E-state index in [2.05, 4.69) is 21.2 Å². The predicted octanol–water partition coefficient (Wildman–Crippen LogP) is 2.77. The monoisotopic (exact) mass is 382 g/mol. The van der Waals surface area contributed by atoms with Crippen LogP contribution in [0.3, 0.4) is 0 Å². The van der Waals surface area contributed by atoms with E-state index in [1.54, 1.807) is 0 Å². The molecular weight excluding hydrogens is 360 g/mol. The molecule has 6 heteroatoms. The van der Waals surface area contributed by atoms with E-state index in [0.717, 1.165) is 15.9 Å². The van der Waals surface area contributed by atoms with Crippen LogP contribution < -0.4 is 15.0 Å². The van der Waals surface area contributed by atoms with E-state index in [1.165, 1.54) is 6.92 Å². The molecule has 0 unspecified atom stereocenters. The molecule has 1 aromatic rings. The van der Waals surface area contributed by atoms with Crippen LogP contribution in [-0.4, -0.2) is 36.9 Å². The quantitative estimate of drug-likeness (QED) is 0.850. The van der Waals surface area contributed by atoms with E-state index in [9.17, 15) is 9.59 Å². The summed E-state index contributed by atoms with van der Waals surface area (Å²) in [5.74, 6) is 0.666. The number of benzene rings is 1. The van der Waals surface area contributed by atoms with Crippen LogP contribution in [0.15, 0.2) is 22.7 Å². The van der Waals surface area contributed by atoms with Crippen LogP contribution in [0, 0.1) is 5.92 Å². The molecule has 2 atom stereocenters. The summed E-state index contributed by atoms with van der Waals surface area (Å²) in [5, 5.41) is 2.84. The van der Waals surface area contributed by atoms with Gasteiger partial charge in [0.15, 0.2) is 5.78 Å². The summed E-state index contributed by atoms with van der Waals surface area (Å²) in [6.07, 6.45) is 0.00479. The molecule has 0 fully saturated rings. The number of amides is 1. The van der Waals surface area contributed by atoms with Crippen LogP contribution >= 0.6 is 15.9 Å². The topological polar surface area (TPSA) is 58.6 Å². The fourth-order valence-corrected chi connectivity index (χ4v) is 3.13. The predicted molar refractivity (Wildman–Crippen MR) is 93.9 cm³/mol. The van der Waals surface area contributed by atoms with Gasteiger partial charge in [-0.15, -0.1) is 0 Å². The lowest BCUT2D eigenvalue weighted by molar-refractivity contribution is -0.127. The van der Waals surface area contributed by atoms with Gasteiger partial charge in [0.05, 0.1) is 24.8 Å². The second-order valence-corrected chi connectivity index (χ2v) is 7.24. The van der Waals surface area contributed by atoms with Crippen molar-refractivity contribution in [1.82, 2.24) is 5.32 Å². The third-order valence-electron chi connectivity index (χ3n) is 3.82. The smallest absolute Gasteiger partial charge is 0.240 e. The van der Waals surface area contributed by atoms with Gasteiger partial charge in [0.1, 0.15) is 11.9 Å². The first-order chi connectivity index (χ1) is 10.8. The number of Topliss-reactive ketones (excluding diaryl/α,β-unsaturated/α-hetero) is 1. The van der Waals surface area contributed by atoms with Gasteiger partial charge in [0.25, 0.3) is 0 Å². The molecule has 0 saturated carbocycles. The van der Waals surface area contributed by atoms with E-state index in [-0.39, 0.29) is 30.3 Å². The second kappa shape index (κ2) is 7.34. The minimum atomic E-state index is -0.442. The van der Waals surface area contributed by atoms with Gasteiger partial charge in [-0.2, -0.15) is 0 Å². The highest BCUT2D eigenvalue weighted by atomic mass is 79.9. The van der Waals surface area contributed by atoms with Crippen LogP contribution in [0.5, 0.6) is 5.75 Å². The van der Waals surface area contributed by atoms with Crippen LogP contribution in [0.4, 0.5) is 5.69 Å². The van der Waals surface area contributed by atoms with Crippen molar-refractivity contribution in [2.24, 2.45) is 5.92 Å². The Morgan fingerprint density at radius 3 is 2.74 bits per heavy atom. The third-order valence-corrected chi connectivity index (χ3v) is 4.32. The largest absolute Gasteiger partial charge is 0.487 e. The summed E-state index contributed by atoms with van der Waals surface area (Å²) in [4.78, 5) is 26.0. The van der Waals surface area contributed by atoms with Crippen LogP contribution in [0.2, 0.25) is 0 Å². The molecule has 2 rings (SSSR count). The van der Waals surface area contributed by atoms with Gasteiger partial charge >= 0.3 is 0 Å². The Hall–Kier alpha value is -1.56. The normalized spacial score (nSPS) is 18.2. The maximum Gasteiger partial charge on any atom is 0.240 e. The molecule has 126 valence electrons. The van der Waals surface area contributed by atoms with Crippen molar-refractivity contribution in [2.75, 3.05) is 18.0 Å². The van der Waals surface area contributed by atoms with Crippen molar-refractivity contribution < 1.29 is 14.3 Å². The molecule has 1 N–H and O–H groups in total. The lowest BCUT2D eigenvalue weighted by Crippen LogP contribution is -2.49. The van der Waals surface area contributed by atoms with Crippen LogP contribution in [0.25, 0.3) is 0 Å². The summed E-state index contributed by atoms with van der Waals surface area (Å²) in [5.41, 5.74) is 0.886. The summed E-state index contributed by atoms with van der Waals surface area (Å²) in [7, 11) is 0. The van der Waals surface area contributed by atoms with Gasteiger partial charge in [-0.3, -0.25) is 9.59 Å². The minimum absolute atomic E-state index is 0.00479. The van der Waals surface area contributed by atoms with E-state index in [0.29, 0.717) is 6.54 Å². The molecule has 1 aliphatic heterocycles. The molecule has 23 heavy (non-hydrogen) atoms. The zero-order valence-electron chi connectivity index (χ0n) is 13.9. The van der Waals surface area contributed by atoms with Crippen LogP contribution in [0.1, 0.15) is 27.7 Å². The number of hydrogen-bond donors (Lipinski definition) is 1. The first-order valence-corrected chi connectivity index (χ1v) is 8.58. The van der Waals surface area contributed by atoms with E-state index in [1.807, 2.05) is 43.9 Å². The Balaban J connectivity index is 2.12. The molecule has 5 nitrogen and oxygen atoms in total. The van der Waals surface area contributed by atoms with Gasteiger partial charge in [-0.25, -0.2) is 0 Å². The summed E-state index contributed by atoms with van der Waals surface area (Å²) >= 11 is 3.45. The number of fused-ring (bicyclic) bond motifs is 1. The molecule has 1 aromatic carbocycles. The number of anilines is 1. The molecule has 0 radical (unpaired) electrons. The lowest BCUT2D eigenvalue weighted by Gasteiger charge is -2.35. The standard InChI is InChI=1S/C17H23BrN2O3/c1-10(2)17(12(4)21)19-16(22)9-20-8-11(3)23-15-6-5-13(18)7-14(15)20/h5-7,10-11,17H,8-9H2,1-4H3,(H,19,22)/t11-,17-/m1/s1. The number of ketones is 1. The highest BCUT2D eigenvalue weighted by Gasteiger charge is 2.27. The molecule has 1 heterocycles. The van der Waals surface area contributed by atoms with Gasteiger partial charge in [-0.1, -0.05) is 29.8 Å². The highest BCUT2D eigenvalue weighted by molar-refractivity contribution is 9.10. The van der Waals surface area contributed by atoms with E-state index < -0.39 is 6.04 Å². The molecule has 1 aliphatic rings. The first kappa shape index (κ1) is 17.8. The number of carbonyl (C=O) groups excluding carboxylic acids is 2. The number of hydrogen-bond acceptors (Lipinski definition) is 4. The zero-order chi connectivity index (χ0) is 17.1. The molecule has 0 aromatic heterocycles. The van der Waals surface area contributed by atoms with Crippen LogP contribution in [-0.2, 0) is 9.59 Å². The fraction of sp³-hybridized carbons (Fsp3) is 0.529. The summed E-state index contributed by atoms with van der Waals surface area (Å²) in [6.45, 7) is 8.17. The zero-order valence-corrected chi connectivity index (χ0v) is 15.5. The number of carbonyl (C=O) groups is 2. The molecular formula is C17H23BrN2O3. The van der Waals surface area contributed by atoms with Gasteiger partial charge in [-0.05, 0) is 38.0 Å². The van der Waals surface area contributed by atoms with Crippen molar-refractivity contribution in [3.05, 3.63) is 22.7 Å². The maximum absolute atomic E-state index is 12.4. The number of nitrogens with one attached hydrogen (secondary N) is 1. The van der Waals surface area contributed by atoms with Gasteiger partial charge in [0, 0.05) is 4.47 Å². The highest BCUT2D eigenvalue weighted by Crippen LogP contribution is 2.35. The Bertz CT molecular complexity index is 604. The van der Waals surface area contributed by atoms with Crippen molar-refractivity contribution in [3.8, 4) is 5.75 Å². The van der Waals surface area contributed by atoms with Gasteiger partial charge in [0.2, 0.25) is 5.91 Å². The Morgan fingerprint density at radius 2 is 2.13 bits per heavy atom. The third kappa shape index (κ3) is 4.47. The molecule has 0 aliphatic carbocycles. The summed E-state index contributed by atoms with van der Waals surface area (Å²) in [6, 6.07) is 5.31. The second-order valence-electron chi connectivity index (χ2n) is 6.32. The fourth-order valence-electron chi connectivity index (χ4n) is 2.78. The molecule has 0 saturated heterocycles. The SMILES string of the molecule is CC(=O)[C@H](NC(=O)CN1C[C@@H](C)Oc2ccc(Br)cc21)C(C)C. The summed E-state index contributed by atoms with van der Waals surface area (Å²) < 4.78 is 6.74. The number of rotatable bonds is 5. The molecule has 0 spiro atoms.